The van der Waals surface area contributed by atoms with Crippen molar-refractivity contribution in [2.75, 3.05) is 6.54 Å². The van der Waals surface area contributed by atoms with Gasteiger partial charge in [0.05, 0.1) is 0 Å². The number of rotatable bonds is 1. The first-order chi connectivity index (χ1) is 6.16. The normalized spacial score (nSPS) is 22.6. The number of carbonyl (C=O) groups excluding carboxylic acids is 2. The van der Waals surface area contributed by atoms with E-state index in [1.165, 1.54) is 4.90 Å². The lowest BCUT2D eigenvalue weighted by molar-refractivity contribution is -0.134. The van der Waals surface area contributed by atoms with Crippen molar-refractivity contribution in [1.82, 2.24) is 10.4 Å². The van der Waals surface area contributed by atoms with Gasteiger partial charge in [-0.15, -0.1) is 0 Å². The molecule has 0 aromatic rings. The minimum Gasteiger partial charge on any atom is -0.322 e. The third-order valence-corrected chi connectivity index (χ3v) is 2.76. The van der Waals surface area contributed by atoms with Crippen molar-refractivity contribution in [2.45, 2.75) is 25.3 Å². The predicted molar refractivity (Wildman–Crippen MR) is 53.7 cm³/mol. The molecule has 0 saturated carbocycles. The van der Waals surface area contributed by atoms with Crippen LogP contribution in [0.15, 0.2) is 0 Å². The summed E-state index contributed by atoms with van der Waals surface area (Å²) in [5, 5.41) is 8.45. The molecule has 0 radical (unpaired) electrons. The van der Waals surface area contributed by atoms with E-state index in [0.717, 1.165) is 12.8 Å². The van der Waals surface area contributed by atoms with Crippen LogP contribution in [0.3, 0.4) is 0 Å². The van der Waals surface area contributed by atoms with Gasteiger partial charge in [0.2, 0.25) is 0 Å². The van der Waals surface area contributed by atoms with Crippen LogP contribution in [-0.2, 0) is 4.79 Å². The van der Waals surface area contributed by atoms with E-state index >= 15 is 0 Å². The summed E-state index contributed by atoms with van der Waals surface area (Å²) < 4.78 is -0.147. The van der Waals surface area contributed by atoms with Gasteiger partial charge in [0, 0.05) is 29.1 Å². The molecule has 0 spiro atoms. The first kappa shape index (κ1) is 10.7. The van der Waals surface area contributed by atoms with Crippen molar-refractivity contribution in [1.29, 1.82) is 0 Å². The Morgan fingerprint density at radius 2 is 2.15 bits per heavy atom. The summed E-state index contributed by atoms with van der Waals surface area (Å²) >= 11 is 1.65. The van der Waals surface area contributed by atoms with Gasteiger partial charge in [0.25, 0.3) is 9.82 Å². The number of carbonyl (C=O) groups is 2. The van der Waals surface area contributed by atoms with Crippen molar-refractivity contribution >= 4 is 32.4 Å². The molecule has 2 N–H and O–H groups in total. The number of hydroxylamine groups is 1. The second-order valence-electron chi connectivity index (χ2n) is 2.93. The van der Waals surface area contributed by atoms with Gasteiger partial charge >= 0.3 is 0 Å². The van der Waals surface area contributed by atoms with Crippen molar-refractivity contribution in [3.63, 3.8) is 0 Å². The SMILES string of the molecule is O=C(NO)[C@@H]1CCCCN1C(=O)I. The van der Waals surface area contributed by atoms with Gasteiger partial charge in [-0.2, -0.15) is 0 Å². The average molecular weight is 298 g/mol. The zero-order chi connectivity index (χ0) is 9.84. The zero-order valence-electron chi connectivity index (χ0n) is 6.99. The van der Waals surface area contributed by atoms with Gasteiger partial charge < -0.3 is 4.90 Å². The molecule has 0 aromatic heterocycles. The second kappa shape index (κ2) is 4.75. The van der Waals surface area contributed by atoms with E-state index in [1.807, 2.05) is 0 Å². The fourth-order valence-electron chi connectivity index (χ4n) is 1.49. The highest BCUT2D eigenvalue weighted by Gasteiger charge is 2.30. The van der Waals surface area contributed by atoms with E-state index in [2.05, 4.69) is 0 Å². The number of likely N-dealkylation sites (tertiary alicyclic amines) is 1. The van der Waals surface area contributed by atoms with E-state index in [0.29, 0.717) is 13.0 Å². The van der Waals surface area contributed by atoms with Crippen LogP contribution in [0.25, 0.3) is 0 Å². The van der Waals surface area contributed by atoms with E-state index in [9.17, 15) is 9.59 Å². The summed E-state index contributed by atoms with van der Waals surface area (Å²) in [6.07, 6.45) is 2.46. The monoisotopic (exact) mass is 298 g/mol. The maximum atomic E-state index is 11.1. The molecule has 5 nitrogen and oxygen atoms in total. The zero-order valence-corrected chi connectivity index (χ0v) is 9.15. The van der Waals surface area contributed by atoms with Gasteiger partial charge in [0.1, 0.15) is 6.04 Å². The fourth-order valence-corrected chi connectivity index (χ4v) is 2.07. The van der Waals surface area contributed by atoms with Crippen molar-refractivity contribution < 1.29 is 14.8 Å². The first-order valence-corrected chi connectivity index (χ1v) is 5.14. The molecule has 2 amide bonds. The topological polar surface area (TPSA) is 69.6 Å². The van der Waals surface area contributed by atoms with Crippen LogP contribution < -0.4 is 5.48 Å². The van der Waals surface area contributed by atoms with E-state index in [1.54, 1.807) is 28.1 Å². The molecule has 0 unspecified atom stereocenters. The molecule has 13 heavy (non-hydrogen) atoms. The maximum absolute atomic E-state index is 11.1. The van der Waals surface area contributed by atoms with Crippen LogP contribution in [0, 0.1) is 0 Å². The fraction of sp³-hybridized carbons (Fsp3) is 0.714. The highest BCUT2D eigenvalue weighted by molar-refractivity contribution is 14.1. The number of amides is 2. The quantitative estimate of drug-likeness (QED) is 0.248. The molecule has 1 fully saturated rings. The predicted octanol–water partition coefficient (Wildman–Crippen LogP) is 0.901. The van der Waals surface area contributed by atoms with Gasteiger partial charge in [0.15, 0.2) is 0 Å². The minimum absolute atomic E-state index is 0.147. The van der Waals surface area contributed by atoms with Crippen LogP contribution in [0.2, 0.25) is 0 Å². The van der Waals surface area contributed by atoms with Crippen LogP contribution in [0.4, 0.5) is 4.79 Å². The van der Waals surface area contributed by atoms with E-state index in [-0.39, 0.29) is 3.91 Å². The molecular formula is C7H11IN2O3. The molecule has 1 heterocycles. The Morgan fingerprint density at radius 3 is 2.69 bits per heavy atom. The summed E-state index contributed by atoms with van der Waals surface area (Å²) in [4.78, 5) is 23.7. The Balaban J connectivity index is 2.67. The van der Waals surface area contributed by atoms with Crippen LogP contribution in [0.1, 0.15) is 19.3 Å². The molecule has 1 atom stereocenters. The number of hydrogen-bond acceptors (Lipinski definition) is 3. The number of piperidine rings is 1. The molecule has 6 heteroatoms. The molecule has 1 saturated heterocycles. The number of hydrogen-bond donors (Lipinski definition) is 2. The lowest BCUT2D eigenvalue weighted by Gasteiger charge is -2.32. The number of halogens is 1. The number of nitrogens with one attached hydrogen (secondary N) is 1. The Morgan fingerprint density at radius 1 is 1.46 bits per heavy atom. The lowest BCUT2D eigenvalue weighted by Crippen LogP contribution is -2.49. The van der Waals surface area contributed by atoms with E-state index < -0.39 is 11.9 Å². The molecule has 0 aromatic carbocycles. The summed E-state index contributed by atoms with van der Waals surface area (Å²) in [5.41, 5.74) is 1.58. The first-order valence-electron chi connectivity index (χ1n) is 4.07. The lowest BCUT2D eigenvalue weighted by atomic mass is 10.0. The molecule has 1 aliphatic heterocycles. The van der Waals surface area contributed by atoms with Gasteiger partial charge in [-0.3, -0.25) is 14.8 Å². The molecule has 1 rings (SSSR count). The highest BCUT2D eigenvalue weighted by atomic mass is 127. The standard InChI is InChI=1S/C7H11IN2O3/c8-7(12)10-4-2-1-3-5(10)6(11)9-13/h5,13H,1-4H2,(H,9,11)/t5-/m0/s1. The van der Waals surface area contributed by atoms with Gasteiger partial charge in [-0.05, 0) is 19.3 Å². The van der Waals surface area contributed by atoms with Crippen LogP contribution in [0.5, 0.6) is 0 Å². The average Bonchev–Trinajstić information content (AvgIpc) is 2.16. The Labute approximate surface area is 89.6 Å². The summed E-state index contributed by atoms with van der Waals surface area (Å²) in [6, 6.07) is -0.497. The van der Waals surface area contributed by atoms with Gasteiger partial charge in [-0.25, -0.2) is 5.48 Å². The largest absolute Gasteiger partial charge is 0.322 e. The molecule has 74 valence electrons. The highest BCUT2D eigenvalue weighted by Crippen LogP contribution is 2.19. The molecule has 0 bridgehead atoms. The van der Waals surface area contributed by atoms with Crippen molar-refractivity contribution in [3.05, 3.63) is 0 Å². The van der Waals surface area contributed by atoms with Crippen LogP contribution >= 0.6 is 22.6 Å². The maximum Gasteiger partial charge on any atom is 0.283 e. The minimum atomic E-state index is -0.497. The number of nitrogens with zero attached hydrogens (tertiary/aromatic N) is 1. The summed E-state index contributed by atoms with van der Waals surface area (Å²) in [7, 11) is 0. The summed E-state index contributed by atoms with van der Waals surface area (Å²) in [6.45, 7) is 0.597. The summed E-state index contributed by atoms with van der Waals surface area (Å²) in [5.74, 6) is -0.496. The van der Waals surface area contributed by atoms with Crippen LogP contribution in [-0.4, -0.2) is 32.5 Å². The third kappa shape index (κ3) is 2.53. The van der Waals surface area contributed by atoms with Crippen molar-refractivity contribution in [3.8, 4) is 0 Å². The third-order valence-electron chi connectivity index (χ3n) is 2.14. The Kier molecular flexibility index (Phi) is 3.91. The van der Waals surface area contributed by atoms with Gasteiger partial charge in [-0.1, -0.05) is 0 Å². The van der Waals surface area contributed by atoms with E-state index in [4.69, 9.17) is 5.21 Å². The Hall–Kier alpha value is -0.370. The Bertz CT molecular complexity index is 222. The molecule has 0 aliphatic carbocycles. The smallest absolute Gasteiger partial charge is 0.283 e. The van der Waals surface area contributed by atoms with Crippen molar-refractivity contribution in [2.24, 2.45) is 0 Å². The molecule has 1 aliphatic rings. The second-order valence-corrected chi connectivity index (χ2v) is 3.86. The molecular weight excluding hydrogens is 287 g/mol.